The first kappa shape index (κ1) is 20.6. The molecule has 0 radical (unpaired) electrons. The number of hydrogen-bond donors (Lipinski definition) is 0. The number of halogens is 1. The highest BCUT2D eigenvalue weighted by Gasteiger charge is 2.34. The lowest BCUT2D eigenvalue weighted by Gasteiger charge is -2.17. The molecule has 0 spiro atoms. The highest BCUT2D eigenvalue weighted by molar-refractivity contribution is 6.30. The molecule has 32 heavy (non-hydrogen) atoms. The number of carbonyl (C=O) groups excluding carboxylic acids is 1. The van der Waals surface area contributed by atoms with E-state index in [9.17, 15) is 4.79 Å². The minimum absolute atomic E-state index is 0.0422. The van der Waals surface area contributed by atoms with Gasteiger partial charge in [0.15, 0.2) is 0 Å². The predicted octanol–water partition coefficient (Wildman–Crippen LogP) is 5.68. The Morgan fingerprint density at radius 3 is 2.53 bits per heavy atom. The highest BCUT2D eigenvalue weighted by Crippen LogP contribution is 2.33. The van der Waals surface area contributed by atoms with Crippen molar-refractivity contribution in [3.63, 3.8) is 0 Å². The molecule has 5 nitrogen and oxygen atoms in total. The summed E-state index contributed by atoms with van der Waals surface area (Å²) >= 11 is 6.02. The molecule has 0 aliphatic carbocycles. The highest BCUT2D eigenvalue weighted by atomic mass is 35.5. The van der Waals surface area contributed by atoms with E-state index in [-0.39, 0.29) is 11.8 Å². The fourth-order valence-electron chi connectivity index (χ4n) is 4.32. The van der Waals surface area contributed by atoms with E-state index in [0.717, 1.165) is 41.3 Å². The van der Waals surface area contributed by atoms with Crippen LogP contribution in [0.5, 0.6) is 5.75 Å². The largest absolute Gasteiger partial charge is 0.494 e. The molecule has 0 unspecified atom stereocenters. The molecule has 1 aromatic heterocycles. The average molecular weight is 446 g/mol. The van der Waals surface area contributed by atoms with Crippen LogP contribution in [0.4, 0.5) is 5.69 Å². The number of anilines is 1. The van der Waals surface area contributed by atoms with Crippen molar-refractivity contribution in [3.8, 4) is 5.75 Å². The number of benzene rings is 3. The van der Waals surface area contributed by atoms with E-state index in [2.05, 4.69) is 10.6 Å². The van der Waals surface area contributed by atoms with Gasteiger partial charge in [0, 0.05) is 36.1 Å². The van der Waals surface area contributed by atoms with Crippen LogP contribution < -0.4 is 9.64 Å². The Kier molecular flexibility index (Phi) is 5.82. The topological polar surface area (TPSA) is 47.4 Å². The summed E-state index contributed by atoms with van der Waals surface area (Å²) in [5.41, 5.74) is 2.93. The van der Waals surface area contributed by atoms with E-state index in [4.69, 9.17) is 21.3 Å². The van der Waals surface area contributed by atoms with Crippen molar-refractivity contribution in [1.82, 2.24) is 9.55 Å². The van der Waals surface area contributed by atoms with Crippen molar-refractivity contribution >= 4 is 34.2 Å². The van der Waals surface area contributed by atoms with E-state index >= 15 is 0 Å². The standard InChI is InChI=1S/C26H24ClN3O2/c27-20-11-13-21(14-12-20)30-18-19(17-25(30)31)26-28-23-9-4-5-10-24(23)29(26)15-6-16-32-22-7-2-1-3-8-22/h1-5,7-14,19H,6,15-18H2/t19-/m1/s1. The first-order valence-electron chi connectivity index (χ1n) is 10.9. The summed E-state index contributed by atoms with van der Waals surface area (Å²) in [4.78, 5) is 19.6. The molecular formula is C26H24ClN3O2. The molecule has 5 rings (SSSR count). The number of ether oxygens (including phenoxy) is 1. The Bertz CT molecular complexity index is 1220. The number of hydrogen-bond acceptors (Lipinski definition) is 3. The fraction of sp³-hybridized carbons (Fsp3) is 0.231. The zero-order valence-electron chi connectivity index (χ0n) is 17.7. The van der Waals surface area contributed by atoms with E-state index < -0.39 is 0 Å². The Hall–Kier alpha value is -3.31. The van der Waals surface area contributed by atoms with E-state index in [1.807, 2.05) is 77.7 Å². The zero-order chi connectivity index (χ0) is 21.9. The number of para-hydroxylation sites is 3. The van der Waals surface area contributed by atoms with Crippen molar-refractivity contribution in [3.05, 3.63) is 89.7 Å². The van der Waals surface area contributed by atoms with Crippen LogP contribution in [0.2, 0.25) is 5.02 Å². The van der Waals surface area contributed by atoms with Crippen LogP contribution in [0.1, 0.15) is 24.6 Å². The molecular weight excluding hydrogens is 422 g/mol. The second-order valence-corrected chi connectivity index (χ2v) is 8.44. The lowest BCUT2D eigenvalue weighted by atomic mass is 10.1. The zero-order valence-corrected chi connectivity index (χ0v) is 18.4. The lowest BCUT2D eigenvalue weighted by Crippen LogP contribution is -2.24. The van der Waals surface area contributed by atoms with E-state index in [1.165, 1.54) is 0 Å². The number of imidazole rings is 1. The Balaban J connectivity index is 1.35. The van der Waals surface area contributed by atoms with Gasteiger partial charge in [0.25, 0.3) is 0 Å². The monoisotopic (exact) mass is 445 g/mol. The number of aromatic nitrogens is 2. The summed E-state index contributed by atoms with van der Waals surface area (Å²) < 4.78 is 8.13. The predicted molar refractivity (Wildman–Crippen MR) is 127 cm³/mol. The van der Waals surface area contributed by atoms with Gasteiger partial charge in [-0.2, -0.15) is 0 Å². The number of aryl methyl sites for hydroxylation is 1. The summed E-state index contributed by atoms with van der Waals surface area (Å²) in [6, 6.07) is 25.4. The second-order valence-electron chi connectivity index (χ2n) is 8.01. The summed E-state index contributed by atoms with van der Waals surface area (Å²) in [5, 5.41) is 0.663. The van der Waals surface area contributed by atoms with Crippen molar-refractivity contribution in [2.45, 2.75) is 25.3 Å². The number of nitrogens with zero attached hydrogens (tertiary/aromatic N) is 3. The number of carbonyl (C=O) groups is 1. The van der Waals surface area contributed by atoms with Gasteiger partial charge >= 0.3 is 0 Å². The minimum atomic E-state index is 0.0422. The molecule has 0 saturated carbocycles. The van der Waals surface area contributed by atoms with Gasteiger partial charge < -0.3 is 14.2 Å². The summed E-state index contributed by atoms with van der Waals surface area (Å²) in [6.07, 6.45) is 1.30. The normalized spacial score (nSPS) is 16.1. The van der Waals surface area contributed by atoms with Crippen molar-refractivity contribution in [2.75, 3.05) is 18.1 Å². The third-order valence-corrected chi connectivity index (χ3v) is 6.10. The molecule has 0 N–H and O–H groups in total. The smallest absolute Gasteiger partial charge is 0.227 e. The fourth-order valence-corrected chi connectivity index (χ4v) is 4.45. The quantitative estimate of drug-likeness (QED) is 0.344. The third kappa shape index (κ3) is 4.21. The van der Waals surface area contributed by atoms with Crippen molar-refractivity contribution in [2.24, 2.45) is 0 Å². The van der Waals surface area contributed by atoms with Crippen LogP contribution in [0.25, 0.3) is 11.0 Å². The van der Waals surface area contributed by atoms with Crippen LogP contribution in [-0.2, 0) is 11.3 Å². The average Bonchev–Trinajstić information content (AvgIpc) is 3.38. The summed E-state index contributed by atoms with van der Waals surface area (Å²) in [5.74, 6) is 2.00. The van der Waals surface area contributed by atoms with Gasteiger partial charge in [0.05, 0.1) is 17.6 Å². The number of rotatable bonds is 7. The third-order valence-electron chi connectivity index (χ3n) is 5.85. The Morgan fingerprint density at radius 2 is 1.72 bits per heavy atom. The first-order chi connectivity index (χ1) is 15.7. The number of fused-ring (bicyclic) bond motifs is 1. The Labute approximate surface area is 192 Å². The van der Waals surface area contributed by atoms with Crippen LogP contribution in [-0.4, -0.2) is 28.6 Å². The van der Waals surface area contributed by atoms with Gasteiger partial charge in [-0.3, -0.25) is 4.79 Å². The molecule has 6 heteroatoms. The summed E-state index contributed by atoms with van der Waals surface area (Å²) in [6.45, 7) is 2.02. The first-order valence-corrected chi connectivity index (χ1v) is 11.3. The van der Waals surface area contributed by atoms with E-state index in [0.29, 0.717) is 24.6 Å². The van der Waals surface area contributed by atoms with Gasteiger partial charge in [-0.05, 0) is 55.0 Å². The molecule has 1 fully saturated rings. The Morgan fingerprint density at radius 1 is 0.969 bits per heavy atom. The van der Waals surface area contributed by atoms with Crippen LogP contribution in [0.3, 0.4) is 0 Å². The minimum Gasteiger partial charge on any atom is -0.494 e. The van der Waals surface area contributed by atoms with Gasteiger partial charge in [0.2, 0.25) is 5.91 Å². The van der Waals surface area contributed by atoms with Gasteiger partial charge in [-0.1, -0.05) is 41.9 Å². The molecule has 1 aliphatic heterocycles. The summed E-state index contributed by atoms with van der Waals surface area (Å²) in [7, 11) is 0. The van der Waals surface area contributed by atoms with Gasteiger partial charge in [-0.15, -0.1) is 0 Å². The molecule has 1 saturated heterocycles. The van der Waals surface area contributed by atoms with Crippen LogP contribution in [0, 0.1) is 0 Å². The van der Waals surface area contributed by atoms with Crippen LogP contribution >= 0.6 is 11.6 Å². The van der Waals surface area contributed by atoms with E-state index in [1.54, 1.807) is 0 Å². The maximum absolute atomic E-state index is 12.8. The molecule has 4 aromatic rings. The van der Waals surface area contributed by atoms with Gasteiger partial charge in [0.1, 0.15) is 11.6 Å². The lowest BCUT2D eigenvalue weighted by molar-refractivity contribution is -0.117. The van der Waals surface area contributed by atoms with Crippen molar-refractivity contribution < 1.29 is 9.53 Å². The van der Waals surface area contributed by atoms with Crippen LogP contribution in [0.15, 0.2) is 78.9 Å². The molecule has 1 amide bonds. The number of amides is 1. The van der Waals surface area contributed by atoms with Gasteiger partial charge in [-0.25, -0.2) is 4.98 Å². The molecule has 1 atom stereocenters. The SMILES string of the molecule is O=C1C[C@@H](c2nc3ccccc3n2CCCOc2ccccc2)CN1c1ccc(Cl)cc1. The molecule has 0 bridgehead atoms. The molecule has 162 valence electrons. The maximum atomic E-state index is 12.8. The molecule has 1 aliphatic rings. The maximum Gasteiger partial charge on any atom is 0.227 e. The molecule has 2 heterocycles. The second kappa shape index (κ2) is 9.05. The van der Waals surface area contributed by atoms with Crippen molar-refractivity contribution in [1.29, 1.82) is 0 Å². The molecule has 3 aromatic carbocycles.